The zero-order valence-corrected chi connectivity index (χ0v) is 16.7. The van der Waals surface area contributed by atoms with Gasteiger partial charge in [0.2, 0.25) is 10.0 Å². The predicted octanol–water partition coefficient (Wildman–Crippen LogP) is 2.32. The number of amides is 1. The summed E-state index contributed by atoms with van der Waals surface area (Å²) < 4.78 is 25.5. The number of likely N-dealkylation sites (tertiary alicyclic amines) is 2. The van der Waals surface area contributed by atoms with Crippen molar-refractivity contribution in [3.8, 4) is 0 Å². The van der Waals surface area contributed by atoms with E-state index in [1.165, 1.54) is 36.7 Å². The number of sulfonamides is 1. The van der Waals surface area contributed by atoms with Crippen molar-refractivity contribution in [2.45, 2.75) is 44.6 Å². The highest BCUT2D eigenvalue weighted by atomic mass is 32.2. The maximum atomic E-state index is 12.8. The standard InChI is InChI=1S/C20H29N3O3S/c24-20(22-14-9-18(10-15-22)21-11-2-1-3-12-21)17-5-7-19(8-6-17)23-13-4-16-27(23,25)26/h5-8,18H,1-4,9-16H2. The molecule has 4 rings (SSSR count). The zero-order chi connectivity index (χ0) is 18.9. The Morgan fingerprint density at radius 1 is 0.852 bits per heavy atom. The molecule has 0 saturated carbocycles. The van der Waals surface area contributed by atoms with E-state index in [9.17, 15) is 13.2 Å². The SMILES string of the molecule is O=C(c1ccc(N2CCCS2(=O)=O)cc1)N1CCC(N2CCCCC2)CC1. The van der Waals surface area contributed by atoms with Crippen molar-refractivity contribution in [1.82, 2.24) is 9.80 Å². The van der Waals surface area contributed by atoms with Crippen LogP contribution in [0.25, 0.3) is 0 Å². The molecule has 0 atom stereocenters. The van der Waals surface area contributed by atoms with Crippen LogP contribution in [0.2, 0.25) is 0 Å². The third-order valence-electron chi connectivity index (χ3n) is 6.16. The normalized spacial score (nSPS) is 24.3. The van der Waals surface area contributed by atoms with Crippen LogP contribution < -0.4 is 4.31 Å². The fourth-order valence-electron chi connectivity index (χ4n) is 4.60. The number of carbonyl (C=O) groups excluding carboxylic acids is 1. The molecule has 0 N–H and O–H groups in total. The molecular formula is C20H29N3O3S. The van der Waals surface area contributed by atoms with Crippen LogP contribution in [0.3, 0.4) is 0 Å². The van der Waals surface area contributed by atoms with E-state index in [1.54, 1.807) is 24.3 Å². The minimum Gasteiger partial charge on any atom is -0.339 e. The summed E-state index contributed by atoms with van der Waals surface area (Å²) in [7, 11) is -3.18. The summed E-state index contributed by atoms with van der Waals surface area (Å²) in [6.45, 7) is 4.56. The number of rotatable bonds is 3. The third-order valence-corrected chi connectivity index (χ3v) is 8.03. The van der Waals surface area contributed by atoms with Crippen molar-refractivity contribution >= 4 is 21.6 Å². The smallest absolute Gasteiger partial charge is 0.253 e. The first-order valence-corrected chi connectivity index (χ1v) is 11.8. The second kappa shape index (κ2) is 7.80. The Balaban J connectivity index is 1.36. The van der Waals surface area contributed by atoms with E-state index in [0.717, 1.165) is 25.9 Å². The monoisotopic (exact) mass is 391 g/mol. The topological polar surface area (TPSA) is 60.9 Å². The number of benzene rings is 1. The van der Waals surface area contributed by atoms with Gasteiger partial charge in [0.25, 0.3) is 5.91 Å². The summed E-state index contributed by atoms with van der Waals surface area (Å²) in [4.78, 5) is 17.4. The average Bonchev–Trinajstić information content (AvgIpc) is 3.07. The van der Waals surface area contributed by atoms with Gasteiger partial charge < -0.3 is 9.80 Å². The van der Waals surface area contributed by atoms with Gasteiger partial charge in [0, 0.05) is 31.2 Å². The summed E-state index contributed by atoms with van der Waals surface area (Å²) in [5, 5.41) is 0. The average molecular weight is 392 g/mol. The summed E-state index contributed by atoms with van der Waals surface area (Å²) >= 11 is 0. The van der Waals surface area contributed by atoms with Crippen LogP contribution in [-0.4, -0.2) is 68.6 Å². The summed E-state index contributed by atoms with van der Waals surface area (Å²) in [6, 6.07) is 7.68. The van der Waals surface area contributed by atoms with Crippen LogP contribution in [0.15, 0.2) is 24.3 Å². The van der Waals surface area contributed by atoms with Crippen LogP contribution in [-0.2, 0) is 10.0 Å². The van der Waals surface area contributed by atoms with Gasteiger partial charge in [0.15, 0.2) is 0 Å². The molecule has 0 aliphatic carbocycles. The Kier molecular flexibility index (Phi) is 5.41. The molecule has 0 radical (unpaired) electrons. The van der Waals surface area contributed by atoms with Crippen LogP contribution in [0.5, 0.6) is 0 Å². The Morgan fingerprint density at radius 2 is 1.52 bits per heavy atom. The van der Waals surface area contributed by atoms with Gasteiger partial charge in [-0.15, -0.1) is 0 Å². The highest BCUT2D eigenvalue weighted by molar-refractivity contribution is 7.93. The third kappa shape index (κ3) is 3.99. The van der Waals surface area contributed by atoms with E-state index in [0.29, 0.717) is 30.3 Å². The number of hydrogen-bond donors (Lipinski definition) is 0. The maximum Gasteiger partial charge on any atom is 0.253 e. The molecule has 6 nitrogen and oxygen atoms in total. The van der Waals surface area contributed by atoms with Gasteiger partial charge in [-0.3, -0.25) is 9.10 Å². The molecule has 1 aromatic carbocycles. The van der Waals surface area contributed by atoms with Gasteiger partial charge in [-0.2, -0.15) is 0 Å². The molecule has 0 bridgehead atoms. The largest absolute Gasteiger partial charge is 0.339 e. The molecule has 148 valence electrons. The van der Waals surface area contributed by atoms with Crippen molar-refractivity contribution in [1.29, 1.82) is 0 Å². The second-order valence-electron chi connectivity index (χ2n) is 7.91. The first-order chi connectivity index (χ1) is 13.0. The van der Waals surface area contributed by atoms with Crippen LogP contribution in [0.4, 0.5) is 5.69 Å². The molecule has 1 amide bonds. The van der Waals surface area contributed by atoms with Crippen LogP contribution in [0.1, 0.15) is 48.9 Å². The van der Waals surface area contributed by atoms with Gasteiger partial charge in [0.05, 0.1) is 11.4 Å². The summed E-state index contributed by atoms with van der Waals surface area (Å²) in [6.07, 6.45) is 6.72. The molecule has 0 unspecified atom stereocenters. The minimum absolute atomic E-state index is 0.0583. The lowest BCUT2D eigenvalue weighted by molar-refractivity contribution is 0.0590. The number of hydrogen-bond acceptors (Lipinski definition) is 4. The number of nitrogens with zero attached hydrogens (tertiary/aromatic N) is 3. The zero-order valence-electron chi connectivity index (χ0n) is 15.8. The van der Waals surface area contributed by atoms with E-state index in [4.69, 9.17) is 0 Å². The van der Waals surface area contributed by atoms with Gasteiger partial charge in [-0.1, -0.05) is 6.42 Å². The molecular weight excluding hydrogens is 362 g/mol. The summed E-state index contributed by atoms with van der Waals surface area (Å²) in [5.41, 5.74) is 1.31. The van der Waals surface area contributed by atoms with Crippen molar-refractivity contribution < 1.29 is 13.2 Å². The molecule has 1 aromatic rings. The van der Waals surface area contributed by atoms with Crippen LogP contribution in [0, 0.1) is 0 Å². The molecule has 0 spiro atoms. The van der Waals surface area contributed by atoms with Gasteiger partial charge in [0.1, 0.15) is 0 Å². The molecule has 3 aliphatic rings. The molecule has 27 heavy (non-hydrogen) atoms. The van der Waals surface area contributed by atoms with Gasteiger partial charge >= 0.3 is 0 Å². The van der Waals surface area contributed by atoms with E-state index in [-0.39, 0.29) is 11.7 Å². The van der Waals surface area contributed by atoms with Crippen molar-refractivity contribution in [3.63, 3.8) is 0 Å². The fourth-order valence-corrected chi connectivity index (χ4v) is 6.16. The van der Waals surface area contributed by atoms with E-state index >= 15 is 0 Å². The Morgan fingerprint density at radius 3 is 2.11 bits per heavy atom. The lowest BCUT2D eigenvalue weighted by Crippen LogP contribution is -2.48. The highest BCUT2D eigenvalue weighted by Crippen LogP contribution is 2.26. The molecule has 3 saturated heterocycles. The Bertz CT molecular complexity index is 764. The van der Waals surface area contributed by atoms with Crippen LogP contribution >= 0.6 is 0 Å². The quantitative estimate of drug-likeness (QED) is 0.793. The van der Waals surface area contributed by atoms with Gasteiger partial charge in [-0.25, -0.2) is 8.42 Å². The molecule has 0 aromatic heterocycles. The molecule has 3 aliphatic heterocycles. The van der Waals surface area contributed by atoms with E-state index < -0.39 is 10.0 Å². The lowest BCUT2D eigenvalue weighted by Gasteiger charge is -2.40. The fraction of sp³-hybridized carbons (Fsp3) is 0.650. The van der Waals surface area contributed by atoms with Crippen molar-refractivity contribution in [2.75, 3.05) is 42.8 Å². The maximum absolute atomic E-state index is 12.8. The first kappa shape index (κ1) is 18.7. The molecule has 3 heterocycles. The first-order valence-electron chi connectivity index (χ1n) is 10.2. The van der Waals surface area contributed by atoms with Gasteiger partial charge in [-0.05, 0) is 69.5 Å². The minimum atomic E-state index is -3.18. The van der Waals surface area contributed by atoms with E-state index in [2.05, 4.69) is 4.90 Å². The predicted molar refractivity (Wildman–Crippen MR) is 107 cm³/mol. The molecule has 3 fully saturated rings. The second-order valence-corrected chi connectivity index (χ2v) is 9.92. The number of piperidine rings is 2. The number of carbonyl (C=O) groups is 1. The van der Waals surface area contributed by atoms with Crippen molar-refractivity contribution in [2.24, 2.45) is 0 Å². The Hall–Kier alpha value is -1.60. The lowest BCUT2D eigenvalue weighted by atomic mass is 9.99. The number of anilines is 1. The summed E-state index contributed by atoms with van der Waals surface area (Å²) in [5.74, 6) is 0.266. The molecule has 7 heteroatoms. The van der Waals surface area contributed by atoms with E-state index in [1.807, 2.05) is 4.90 Å². The van der Waals surface area contributed by atoms with Crippen molar-refractivity contribution in [3.05, 3.63) is 29.8 Å². The highest BCUT2D eigenvalue weighted by Gasteiger charge is 2.30. The Labute approximate surface area is 162 Å².